The molecule has 1 heterocycles. The number of alkyl halides is 3. The zero-order chi connectivity index (χ0) is 19.6. The van der Waals surface area contributed by atoms with E-state index in [1.165, 1.54) is 6.07 Å². The third-order valence-corrected chi connectivity index (χ3v) is 5.12. The summed E-state index contributed by atoms with van der Waals surface area (Å²) in [6.45, 7) is 2.76. The SMILES string of the molecule is CC(Cc1cccc(C(F)(F)F)c1)C(=O)N1C[C@@H](N)[C@H](c2ccccc2)C1. The van der Waals surface area contributed by atoms with Crippen molar-refractivity contribution in [1.82, 2.24) is 4.90 Å². The average molecular weight is 376 g/mol. The van der Waals surface area contributed by atoms with E-state index in [-0.39, 0.29) is 24.3 Å². The number of hydrogen-bond acceptors (Lipinski definition) is 2. The number of halogens is 3. The van der Waals surface area contributed by atoms with Gasteiger partial charge in [-0.2, -0.15) is 13.2 Å². The van der Waals surface area contributed by atoms with Crippen LogP contribution in [0.2, 0.25) is 0 Å². The summed E-state index contributed by atoms with van der Waals surface area (Å²) in [5, 5.41) is 0. The molecule has 2 N–H and O–H groups in total. The van der Waals surface area contributed by atoms with Gasteiger partial charge in [-0.1, -0.05) is 55.5 Å². The lowest BCUT2D eigenvalue weighted by Crippen LogP contribution is -2.36. The van der Waals surface area contributed by atoms with Crippen molar-refractivity contribution in [2.45, 2.75) is 31.5 Å². The van der Waals surface area contributed by atoms with Crippen LogP contribution in [0.1, 0.15) is 29.5 Å². The quantitative estimate of drug-likeness (QED) is 0.881. The van der Waals surface area contributed by atoms with Gasteiger partial charge in [0.2, 0.25) is 5.91 Å². The second kappa shape index (κ2) is 7.72. The second-order valence-electron chi connectivity index (χ2n) is 7.23. The number of carbonyl (C=O) groups is 1. The highest BCUT2D eigenvalue weighted by Crippen LogP contribution is 2.31. The highest BCUT2D eigenvalue weighted by atomic mass is 19.4. The molecule has 0 saturated carbocycles. The van der Waals surface area contributed by atoms with E-state index in [1.54, 1.807) is 17.9 Å². The van der Waals surface area contributed by atoms with Crippen molar-refractivity contribution in [3.05, 3.63) is 71.3 Å². The Hall–Kier alpha value is -2.34. The smallest absolute Gasteiger partial charge is 0.340 e. The minimum atomic E-state index is -4.38. The molecule has 0 bridgehead atoms. The summed E-state index contributed by atoms with van der Waals surface area (Å²) < 4.78 is 38.6. The van der Waals surface area contributed by atoms with Gasteiger partial charge in [-0.15, -0.1) is 0 Å². The first kappa shape index (κ1) is 19.4. The normalized spacial score (nSPS) is 21.3. The molecule has 144 valence electrons. The Labute approximate surface area is 157 Å². The lowest BCUT2D eigenvalue weighted by Gasteiger charge is -2.21. The predicted molar refractivity (Wildman–Crippen MR) is 98.1 cm³/mol. The predicted octanol–water partition coefficient (Wildman–Crippen LogP) is 3.84. The molecule has 0 radical (unpaired) electrons. The van der Waals surface area contributed by atoms with Gasteiger partial charge in [0.15, 0.2) is 0 Å². The van der Waals surface area contributed by atoms with Crippen LogP contribution in [0.3, 0.4) is 0 Å². The van der Waals surface area contributed by atoms with Crippen molar-refractivity contribution in [2.24, 2.45) is 11.7 Å². The van der Waals surface area contributed by atoms with Crippen LogP contribution in [0.5, 0.6) is 0 Å². The number of carbonyl (C=O) groups excluding carboxylic acids is 1. The molecular formula is C21H23F3N2O. The van der Waals surface area contributed by atoms with Crippen LogP contribution in [0.15, 0.2) is 54.6 Å². The Balaban J connectivity index is 1.66. The molecule has 0 aromatic heterocycles. The fourth-order valence-corrected chi connectivity index (χ4v) is 3.69. The van der Waals surface area contributed by atoms with Crippen LogP contribution < -0.4 is 5.73 Å². The van der Waals surface area contributed by atoms with Crippen molar-refractivity contribution in [1.29, 1.82) is 0 Å². The highest BCUT2D eigenvalue weighted by Gasteiger charge is 2.35. The number of rotatable bonds is 4. The van der Waals surface area contributed by atoms with Gasteiger partial charge in [0.1, 0.15) is 0 Å². The molecule has 3 nitrogen and oxygen atoms in total. The maximum Gasteiger partial charge on any atom is 0.416 e. The maximum absolute atomic E-state index is 12.9. The summed E-state index contributed by atoms with van der Waals surface area (Å²) in [4.78, 5) is 14.5. The zero-order valence-corrected chi connectivity index (χ0v) is 15.1. The minimum Gasteiger partial charge on any atom is -0.340 e. The van der Waals surface area contributed by atoms with Gasteiger partial charge in [-0.05, 0) is 23.6 Å². The van der Waals surface area contributed by atoms with E-state index in [9.17, 15) is 18.0 Å². The van der Waals surface area contributed by atoms with Crippen molar-refractivity contribution >= 4 is 5.91 Å². The van der Waals surface area contributed by atoms with Crippen molar-refractivity contribution in [3.63, 3.8) is 0 Å². The highest BCUT2D eigenvalue weighted by molar-refractivity contribution is 5.79. The standard InChI is InChI=1S/C21H23F3N2O/c1-14(10-15-6-5-9-17(11-15)21(22,23)24)20(27)26-12-18(19(25)13-26)16-7-3-2-4-8-16/h2-9,11,14,18-19H,10,12-13,25H2,1H3/t14?,18-,19+/m0/s1. The lowest BCUT2D eigenvalue weighted by atomic mass is 9.95. The van der Waals surface area contributed by atoms with Crippen LogP contribution in [0.4, 0.5) is 13.2 Å². The number of nitrogens with zero attached hydrogens (tertiary/aromatic N) is 1. The Morgan fingerprint density at radius 1 is 1.15 bits per heavy atom. The average Bonchev–Trinajstić information content (AvgIpc) is 3.03. The molecule has 1 aliphatic heterocycles. The molecule has 3 rings (SSSR count). The molecule has 3 atom stereocenters. The maximum atomic E-state index is 12.9. The summed E-state index contributed by atoms with van der Waals surface area (Å²) in [7, 11) is 0. The van der Waals surface area contributed by atoms with Gasteiger partial charge in [0.05, 0.1) is 5.56 Å². The van der Waals surface area contributed by atoms with E-state index in [2.05, 4.69) is 0 Å². The molecule has 27 heavy (non-hydrogen) atoms. The van der Waals surface area contributed by atoms with Crippen LogP contribution >= 0.6 is 0 Å². The van der Waals surface area contributed by atoms with Crippen LogP contribution in [0, 0.1) is 5.92 Å². The van der Waals surface area contributed by atoms with Crippen molar-refractivity contribution in [3.8, 4) is 0 Å². The number of amides is 1. The molecule has 6 heteroatoms. The number of hydrogen-bond donors (Lipinski definition) is 1. The molecule has 1 unspecified atom stereocenters. The van der Waals surface area contributed by atoms with Crippen LogP contribution in [0.25, 0.3) is 0 Å². The fraction of sp³-hybridized carbons (Fsp3) is 0.381. The van der Waals surface area contributed by atoms with E-state index in [4.69, 9.17) is 5.73 Å². The molecule has 1 aliphatic rings. The number of nitrogens with two attached hydrogens (primary N) is 1. The molecule has 1 fully saturated rings. The summed E-state index contributed by atoms with van der Waals surface area (Å²) in [5.41, 5.74) is 7.16. The molecule has 1 amide bonds. The Kier molecular flexibility index (Phi) is 5.56. The number of benzene rings is 2. The Morgan fingerprint density at radius 3 is 2.52 bits per heavy atom. The van der Waals surface area contributed by atoms with Crippen molar-refractivity contribution < 1.29 is 18.0 Å². The Morgan fingerprint density at radius 2 is 1.85 bits per heavy atom. The minimum absolute atomic E-state index is 0.0682. The van der Waals surface area contributed by atoms with E-state index in [1.807, 2.05) is 30.3 Å². The largest absolute Gasteiger partial charge is 0.416 e. The first-order valence-electron chi connectivity index (χ1n) is 9.01. The third kappa shape index (κ3) is 4.50. The van der Waals surface area contributed by atoms with Gasteiger partial charge in [-0.25, -0.2) is 0 Å². The third-order valence-electron chi connectivity index (χ3n) is 5.12. The van der Waals surface area contributed by atoms with E-state index < -0.39 is 17.7 Å². The van der Waals surface area contributed by atoms with Gasteiger partial charge >= 0.3 is 6.18 Å². The van der Waals surface area contributed by atoms with E-state index in [0.29, 0.717) is 18.7 Å². The molecule has 0 spiro atoms. The molecule has 2 aromatic rings. The fourth-order valence-electron chi connectivity index (χ4n) is 3.69. The van der Waals surface area contributed by atoms with Crippen molar-refractivity contribution in [2.75, 3.05) is 13.1 Å². The van der Waals surface area contributed by atoms with Gasteiger partial charge in [0, 0.05) is 31.0 Å². The van der Waals surface area contributed by atoms with E-state index in [0.717, 1.165) is 17.7 Å². The first-order valence-corrected chi connectivity index (χ1v) is 9.01. The summed E-state index contributed by atoms with van der Waals surface area (Å²) >= 11 is 0. The molecule has 0 aliphatic carbocycles. The zero-order valence-electron chi connectivity index (χ0n) is 15.1. The Bertz CT molecular complexity index is 792. The second-order valence-corrected chi connectivity index (χ2v) is 7.23. The molecular weight excluding hydrogens is 353 g/mol. The van der Waals surface area contributed by atoms with Crippen LogP contribution in [-0.2, 0) is 17.4 Å². The topological polar surface area (TPSA) is 46.3 Å². The van der Waals surface area contributed by atoms with E-state index >= 15 is 0 Å². The van der Waals surface area contributed by atoms with Gasteiger partial charge in [-0.3, -0.25) is 4.79 Å². The van der Waals surface area contributed by atoms with Crippen LogP contribution in [-0.4, -0.2) is 29.9 Å². The molecule has 1 saturated heterocycles. The summed E-state index contributed by atoms with van der Waals surface area (Å²) in [6.07, 6.45) is -4.11. The lowest BCUT2D eigenvalue weighted by molar-refractivity contribution is -0.137. The summed E-state index contributed by atoms with van der Waals surface area (Å²) in [6, 6.07) is 14.9. The van der Waals surface area contributed by atoms with Gasteiger partial charge in [0.25, 0.3) is 0 Å². The molecule has 2 aromatic carbocycles. The van der Waals surface area contributed by atoms with Gasteiger partial charge < -0.3 is 10.6 Å². The summed E-state index contributed by atoms with van der Waals surface area (Å²) in [5.74, 6) is -0.396. The number of likely N-dealkylation sites (tertiary alicyclic amines) is 1. The monoisotopic (exact) mass is 376 g/mol. The first-order chi connectivity index (χ1) is 12.8.